The van der Waals surface area contributed by atoms with Crippen LogP contribution in [0.15, 0.2) is 48.5 Å². The number of hydrogen-bond acceptors (Lipinski definition) is 4. The van der Waals surface area contributed by atoms with Crippen LogP contribution in [-0.2, 0) is 7.05 Å². The number of ether oxygens (including phenoxy) is 1. The third-order valence-electron chi connectivity index (χ3n) is 8.25. The van der Waals surface area contributed by atoms with Crippen molar-refractivity contribution in [1.82, 2.24) is 14.4 Å². The van der Waals surface area contributed by atoms with Gasteiger partial charge in [-0.25, -0.2) is 0 Å². The third-order valence-corrected chi connectivity index (χ3v) is 8.25. The molecule has 0 spiro atoms. The summed E-state index contributed by atoms with van der Waals surface area (Å²) in [5.41, 5.74) is 4.62. The molecule has 3 heterocycles. The third kappa shape index (κ3) is 5.64. The number of carbonyl (C=O) groups excluding carboxylic acids is 1. The fraction of sp³-hybridized carbons (Fsp3) is 0.516. The fourth-order valence-electron chi connectivity index (χ4n) is 6.08. The summed E-state index contributed by atoms with van der Waals surface area (Å²) in [6.45, 7) is 14.2. The number of hydrogen-bond donors (Lipinski definition) is 0. The highest BCUT2D eigenvalue weighted by Gasteiger charge is 2.27. The molecule has 0 N–H and O–H groups in total. The maximum Gasteiger partial charge on any atom is 0.256 e. The molecular weight excluding hydrogens is 460 g/mol. The number of benzene rings is 2. The van der Waals surface area contributed by atoms with Gasteiger partial charge in [-0.1, -0.05) is 32.0 Å². The van der Waals surface area contributed by atoms with Crippen LogP contribution in [0.3, 0.4) is 0 Å². The molecule has 5 rings (SSSR count). The molecule has 0 atom stereocenters. The number of fused-ring (bicyclic) bond motifs is 1. The Labute approximate surface area is 221 Å². The second kappa shape index (κ2) is 10.8. The molecule has 0 saturated carbocycles. The van der Waals surface area contributed by atoms with Crippen molar-refractivity contribution in [3.05, 3.63) is 59.8 Å². The number of piperidine rings is 1. The summed E-state index contributed by atoms with van der Waals surface area (Å²) >= 11 is 0. The lowest BCUT2D eigenvalue weighted by molar-refractivity contribution is 0.0747. The van der Waals surface area contributed by atoms with Crippen LogP contribution in [-0.4, -0.2) is 72.7 Å². The first-order valence-electron chi connectivity index (χ1n) is 13.9. The van der Waals surface area contributed by atoms with Crippen molar-refractivity contribution in [2.75, 3.05) is 57.3 Å². The van der Waals surface area contributed by atoms with Crippen LogP contribution in [0.5, 0.6) is 5.75 Å². The Morgan fingerprint density at radius 3 is 2.43 bits per heavy atom. The lowest BCUT2D eigenvalue weighted by Crippen LogP contribution is -2.48. The van der Waals surface area contributed by atoms with Gasteiger partial charge in [-0.05, 0) is 68.5 Å². The number of likely N-dealkylation sites (tertiary alicyclic amines) is 1. The summed E-state index contributed by atoms with van der Waals surface area (Å²) in [6, 6.07) is 16.6. The number of piperazine rings is 1. The second-order valence-electron chi connectivity index (χ2n) is 11.6. The van der Waals surface area contributed by atoms with Crippen LogP contribution in [0.4, 0.5) is 5.69 Å². The van der Waals surface area contributed by atoms with Crippen molar-refractivity contribution in [1.29, 1.82) is 0 Å². The van der Waals surface area contributed by atoms with Gasteiger partial charge in [0.15, 0.2) is 0 Å². The van der Waals surface area contributed by atoms with Gasteiger partial charge < -0.3 is 24.0 Å². The zero-order valence-electron chi connectivity index (χ0n) is 23.0. The average molecular weight is 503 g/mol. The minimum absolute atomic E-state index is 0.144. The number of nitrogens with zero attached hydrogens (tertiary/aromatic N) is 4. The number of rotatable bonds is 7. The van der Waals surface area contributed by atoms with Crippen LogP contribution in [0, 0.1) is 12.3 Å². The van der Waals surface area contributed by atoms with E-state index in [4.69, 9.17) is 4.74 Å². The van der Waals surface area contributed by atoms with Gasteiger partial charge in [0.25, 0.3) is 5.91 Å². The van der Waals surface area contributed by atoms with E-state index in [9.17, 15) is 4.79 Å². The van der Waals surface area contributed by atoms with Crippen LogP contribution in [0.1, 0.15) is 49.2 Å². The number of amides is 1. The van der Waals surface area contributed by atoms with Gasteiger partial charge in [0, 0.05) is 68.6 Å². The largest absolute Gasteiger partial charge is 0.494 e. The number of carbonyl (C=O) groups is 1. The van der Waals surface area contributed by atoms with Gasteiger partial charge in [0.05, 0.1) is 12.2 Å². The Morgan fingerprint density at radius 1 is 0.973 bits per heavy atom. The zero-order chi connectivity index (χ0) is 26.0. The first-order valence-corrected chi connectivity index (χ1v) is 13.9. The maximum absolute atomic E-state index is 13.5. The summed E-state index contributed by atoms with van der Waals surface area (Å²) in [6.07, 6.45) is 3.70. The van der Waals surface area contributed by atoms with E-state index in [1.54, 1.807) is 0 Å². The molecule has 2 fully saturated rings. The Hall–Kier alpha value is -2.99. The molecule has 3 aromatic rings. The lowest BCUT2D eigenvalue weighted by atomic mass is 9.84. The van der Waals surface area contributed by atoms with E-state index in [1.165, 1.54) is 31.6 Å². The quantitative estimate of drug-likeness (QED) is 0.409. The van der Waals surface area contributed by atoms with E-state index >= 15 is 0 Å². The Kier molecular flexibility index (Phi) is 7.47. The van der Waals surface area contributed by atoms with Crippen molar-refractivity contribution in [3.63, 3.8) is 0 Å². The van der Waals surface area contributed by atoms with Gasteiger partial charge in [0.2, 0.25) is 0 Å². The summed E-state index contributed by atoms with van der Waals surface area (Å²) in [5.74, 6) is 1.08. The van der Waals surface area contributed by atoms with Crippen molar-refractivity contribution in [3.8, 4) is 5.75 Å². The highest BCUT2D eigenvalue weighted by molar-refractivity contribution is 6.08. The molecular formula is C31H42N4O2. The van der Waals surface area contributed by atoms with E-state index in [-0.39, 0.29) is 5.91 Å². The highest BCUT2D eigenvalue weighted by atomic mass is 16.5. The van der Waals surface area contributed by atoms with Crippen molar-refractivity contribution in [2.24, 2.45) is 12.5 Å². The molecule has 0 radical (unpaired) electrons. The SMILES string of the molecule is Cc1c(C(=O)N2CCN(c3ccc(OCCCN4CCCC(C)(C)C4)cc3)CC2)c2ccccc2n1C. The normalized spacial score (nSPS) is 18.4. The number of aromatic nitrogens is 1. The Bertz CT molecular complexity index is 1220. The molecule has 0 unspecified atom stereocenters. The van der Waals surface area contributed by atoms with Crippen LogP contribution in [0.25, 0.3) is 10.9 Å². The van der Waals surface area contributed by atoms with Crippen molar-refractivity contribution < 1.29 is 9.53 Å². The predicted octanol–water partition coefficient (Wildman–Crippen LogP) is 5.34. The Balaban J connectivity index is 1.10. The van der Waals surface area contributed by atoms with Gasteiger partial charge in [-0.15, -0.1) is 0 Å². The first-order chi connectivity index (χ1) is 17.8. The van der Waals surface area contributed by atoms with E-state index in [2.05, 4.69) is 64.6 Å². The topological polar surface area (TPSA) is 41.0 Å². The summed E-state index contributed by atoms with van der Waals surface area (Å²) < 4.78 is 8.16. The molecule has 0 bridgehead atoms. The zero-order valence-corrected chi connectivity index (χ0v) is 23.0. The molecule has 0 aliphatic carbocycles. The minimum Gasteiger partial charge on any atom is -0.494 e. The van der Waals surface area contributed by atoms with Crippen LogP contribution in [0.2, 0.25) is 0 Å². The predicted molar refractivity (Wildman–Crippen MR) is 152 cm³/mol. The van der Waals surface area contributed by atoms with Crippen LogP contribution >= 0.6 is 0 Å². The molecule has 2 aliphatic rings. The standard InChI is InChI=1S/C31H42N4O2/c1-24-29(27-9-5-6-10-28(27)32(24)4)30(36)35-20-18-34(19-21-35)25-11-13-26(14-12-25)37-22-8-17-33-16-7-15-31(2,3)23-33/h5-6,9-14H,7-8,15-23H2,1-4H3. The summed E-state index contributed by atoms with van der Waals surface area (Å²) in [5, 5.41) is 1.05. The molecule has 1 amide bonds. The van der Waals surface area contributed by atoms with E-state index in [1.807, 2.05) is 31.0 Å². The number of aryl methyl sites for hydroxylation is 1. The van der Waals surface area contributed by atoms with Gasteiger partial charge >= 0.3 is 0 Å². The van der Waals surface area contributed by atoms with Gasteiger partial charge in [-0.2, -0.15) is 0 Å². The minimum atomic E-state index is 0.144. The number of anilines is 1. The molecule has 6 heteroatoms. The number of para-hydroxylation sites is 1. The fourth-order valence-corrected chi connectivity index (χ4v) is 6.08. The molecule has 37 heavy (non-hydrogen) atoms. The highest BCUT2D eigenvalue weighted by Crippen LogP contribution is 2.29. The first kappa shape index (κ1) is 25.7. The molecule has 198 valence electrons. The summed E-state index contributed by atoms with van der Waals surface area (Å²) in [7, 11) is 2.04. The van der Waals surface area contributed by atoms with Crippen LogP contribution < -0.4 is 9.64 Å². The average Bonchev–Trinajstić information content (AvgIpc) is 3.16. The molecule has 6 nitrogen and oxygen atoms in total. The van der Waals surface area contributed by atoms with E-state index < -0.39 is 0 Å². The lowest BCUT2D eigenvalue weighted by Gasteiger charge is -2.38. The van der Waals surface area contributed by atoms with Gasteiger partial charge in [-0.3, -0.25) is 4.79 Å². The molecule has 2 aromatic carbocycles. The monoisotopic (exact) mass is 502 g/mol. The molecule has 2 aliphatic heterocycles. The van der Waals surface area contributed by atoms with E-state index in [0.717, 1.165) is 73.7 Å². The molecule has 1 aromatic heterocycles. The van der Waals surface area contributed by atoms with Crippen molar-refractivity contribution >= 4 is 22.5 Å². The smallest absolute Gasteiger partial charge is 0.256 e. The maximum atomic E-state index is 13.5. The summed E-state index contributed by atoms with van der Waals surface area (Å²) in [4.78, 5) is 20.4. The Morgan fingerprint density at radius 2 is 1.70 bits per heavy atom. The second-order valence-corrected chi connectivity index (χ2v) is 11.6. The van der Waals surface area contributed by atoms with Gasteiger partial charge in [0.1, 0.15) is 5.75 Å². The van der Waals surface area contributed by atoms with Crippen molar-refractivity contribution in [2.45, 2.75) is 40.0 Å². The molecule has 2 saturated heterocycles. The van der Waals surface area contributed by atoms with E-state index in [0.29, 0.717) is 5.41 Å².